The number of halogens is 1. The quantitative estimate of drug-likeness (QED) is 0.516. The number of furan rings is 1. The molecule has 0 N–H and O–H groups in total. The van der Waals surface area contributed by atoms with Crippen LogP contribution in [0.25, 0.3) is 33.1 Å². The summed E-state index contributed by atoms with van der Waals surface area (Å²) in [5, 5.41) is 1.59. The van der Waals surface area contributed by atoms with Gasteiger partial charge in [-0.3, -0.25) is 0 Å². The van der Waals surface area contributed by atoms with Gasteiger partial charge in [-0.1, -0.05) is 6.07 Å². The Hall–Kier alpha value is -3.08. The monoisotopic (exact) mass is 310 g/mol. The minimum atomic E-state index is -0.439. The first-order valence-corrected chi connectivity index (χ1v) is 6.95. The maximum atomic E-state index is 13.9. The van der Waals surface area contributed by atoms with Gasteiger partial charge in [0.25, 0.3) is 0 Å². The van der Waals surface area contributed by atoms with E-state index in [2.05, 4.69) is 0 Å². The zero-order valence-corrected chi connectivity index (χ0v) is 12.1. The molecule has 2 heterocycles. The normalized spacial score (nSPS) is 11.2. The van der Waals surface area contributed by atoms with Crippen molar-refractivity contribution in [2.75, 3.05) is 7.11 Å². The molecule has 0 aliphatic rings. The molecule has 23 heavy (non-hydrogen) atoms. The van der Waals surface area contributed by atoms with Crippen molar-refractivity contribution < 1.29 is 18.0 Å². The summed E-state index contributed by atoms with van der Waals surface area (Å²) in [5.74, 6) is -0.250. The van der Waals surface area contributed by atoms with Crippen LogP contribution in [-0.2, 0) is 0 Å². The Kier molecular flexibility index (Phi) is 2.94. The van der Waals surface area contributed by atoms with Gasteiger partial charge in [0.1, 0.15) is 11.2 Å². The van der Waals surface area contributed by atoms with Crippen LogP contribution < -0.4 is 10.4 Å². The summed E-state index contributed by atoms with van der Waals surface area (Å²) >= 11 is 0. The summed E-state index contributed by atoms with van der Waals surface area (Å²) in [6.45, 7) is 0. The summed E-state index contributed by atoms with van der Waals surface area (Å²) < 4.78 is 29.5. The first-order valence-electron chi connectivity index (χ1n) is 6.95. The first kappa shape index (κ1) is 13.6. The highest BCUT2D eigenvalue weighted by Gasteiger charge is 2.13. The Morgan fingerprint density at radius 1 is 1.04 bits per heavy atom. The average molecular weight is 310 g/mol. The summed E-state index contributed by atoms with van der Waals surface area (Å²) in [7, 11) is 1.42. The Labute approximate surface area is 129 Å². The Morgan fingerprint density at radius 2 is 1.91 bits per heavy atom. The lowest BCUT2D eigenvalue weighted by Crippen LogP contribution is -1.93. The first-order chi connectivity index (χ1) is 11.2. The second-order valence-electron chi connectivity index (χ2n) is 5.14. The van der Waals surface area contributed by atoms with Gasteiger partial charge < -0.3 is 13.6 Å². The van der Waals surface area contributed by atoms with E-state index in [1.54, 1.807) is 30.5 Å². The van der Waals surface area contributed by atoms with E-state index in [1.807, 2.05) is 6.07 Å². The third kappa shape index (κ3) is 2.17. The fourth-order valence-corrected chi connectivity index (χ4v) is 2.65. The molecule has 0 atom stereocenters. The van der Waals surface area contributed by atoms with Crippen molar-refractivity contribution in [3.8, 4) is 16.9 Å². The number of hydrogen-bond donors (Lipinski definition) is 0. The number of hydrogen-bond acceptors (Lipinski definition) is 4. The Morgan fingerprint density at radius 3 is 2.70 bits per heavy atom. The molecular weight excluding hydrogens is 299 g/mol. The highest BCUT2D eigenvalue weighted by atomic mass is 19.1. The highest BCUT2D eigenvalue weighted by Crippen LogP contribution is 2.34. The van der Waals surface area contributed by atoms with Crippen LogP contribution in [0.5, 0.6) is 5.75 Å². The zero-order valence-electron chi connectivity index (χ0n) is 12.1. The number of benzene rings is 2. The maximum absolute atomic E-state index is 13.9. The Balaban J connectivity index is 1.95. The van der Waals surface area contributed by atoms with Gasteiger partial charge in [0, 0.05) is 28.5 Å². The van der Waals surface area contributed by atoms with E-state index in [0.29, 0.717) is 16.7 Å². The molecule has 2 aromatic heterocycles. The van der Waals surface area contributed by atoms with Crippen LogP contribution in [0.2, 0.25) is 0 Å². The minimum absolute atomic E-state index is 0.189. The van der Waals surface area contributed by atoms with Crippen molar-refractivity contribution in [1.29, 1.82) is 0 Å². The molecule has 0 aliphatic carbocycles. The summed E-state index contributed by atoms with van der Waals surface area (Å²) in [5.41, 5.74) is 2.04. The van der Waals surface area contributed by atoms with E-state index < -0.39 is 11.4 Å². The van der Waals surface area contributed by atoms with E-state index in [4.69, 9.17) is 13.6 Å². The molecule has 2 aromatic carbocycles. The molecule has 0 saturated carbocycles. The van der Waals surface area contributed by atoms with E-state index >= 15 is 0 Å². The number of fused-ring (bicyclic) bond motifs is 2. The van der Waals surface area contributed by atoms with Gasteiger partial charge in [0.2, 0.25) is 0 Å². The predicted octanol–water partition coefficient (Wildman–Crippen LogP) is 4.35. The largest absolute Gasteiger partial charge is 0.494 e. The highest BCUT2D eigenvalue weighted by molar-refractivity contribution is 6.01. The molecule has 5 heteroatoms. The van der Waals surface area contributed by atoms with Crippen LogP contribution >= 0.6 is 0 Å². The van der Waals surface area contributed by atoms with E-state index in [0.717, 1.165) is 16.3 Å². The number of rotatable bonds is 2. The average Bonchev–Trinajstić information content (AvgIpc) is 2.95. The number of ether oxygens (including phenoxy) is 1. The van der Waals surface area contributed by atoms with Gasteiger partial charge in [-0.05, 0) is 29.8 Å². The maximum Gasteiger partial charge on any atom is 0.336 e. The van der Waals surface area contributed by atoms with Gasteiger partial charge in [0.15, 0.2) is 11.6 Å². The zero-order chi connectivity index (χ0) is 16.0. The van der Waals surface area contributed by atoms with Crippen LogP contribution in [0.1, 0.15) is 0 Å². The van der Waals surface area contributed by atoms with Crippen LogP contribution in [0, 0.1) is 5.82 Å². The van der Waals surface area contributed by atoms with Gasteiger partial charge in [-0.2, -0.15) is 0 Å². The number of methoxy groups -OCH3 is 1. The molecule has 0 saturated heterocycles. The summed E-state index contributed by atoms with van der Waals surface area (Å²) in [4.78, 5) is 11.3. The standard InChI is InChI=1S/C18H11FO4/c1-21-15-4-2-10(7-14(15)19)13-9-22-17-8-16-11(6-12(13)17)3-5-18(20)23-16/h2-9H,1H3. The van der Waals surface area contributed by atoms with E-state index in [-0.39, 0.29) is 5.75 Å². The van der Waals surface area contributed by atoms with Crippen molar-refractivity contribution >= 4 is 21.9 Å². The second kappa shape index (κ2) is 4.98. The topological polar surface area (TPSA) is 52.6 Å². The van der Waals surface area contributed by atoms with Crippen molar-refractivity contribution in [3.05, 3.63) is 65.0 Å². The fraction of sp³-hybridized carbons (Fsp3) is 0.0556. The van der Waals surface area contributed by atoms with Gasteiger partial charge >= 0.3 is 5.63 Å². The van der Waals surface area contributed by atoms with Gasteiger partial charge in [-0.25, -0.2) is 9.18 Å². The van der Waals surface area contributed by atoms with E-state index in [9.17, 15) is 9.18 Å². The summed E-state index contributed by atoms with van der Waals surface area (Å²) in [6.07, 6.45) is 1.56. The van der Waals surface area contributed by atoms with Crippen LogP contribution in [0.15, 0.2) is 62.4 Å². The molecule has 4 rings (SSSR count). The van der Waals surface area contributed by atoms with Crippen molar-refractivity contribution in [1.82, 2.24) is 0 Å². The molecule has 0 aliphatic heterocycles. The molecule has 0 amide bonds. The molecule has 0 spiro atoms. The third-order valence-electron chi connectivity index (χ3n) is 3.78. The second-order valence-corrected chi connectivity index (χ2v) is 5.14. The lowest BCUT2D eigenvalue weighted by Gasteiger charge is -2.04. The SMILES string of the molecule is COc1ccc(-c2coc3cc4oc(=O)ccc4cc23)cc1F. The molecule has 0 bridgehead atoms. The van der Waals surface area contributed by atoms with Gasteiger partial charge in [0.05, 0.1) is 13.4 Å². The lowest BCUT2D eigenvalue weighted by molar-refractivity contribution is 0.386. The molecule has 114 valence electrons. The van der Waals surface area contributed by atoms with Crippen LogP contribution in [0.4, 0.5) is 4.39 Å². The third-order valence-corrected chi connectivity index (χ3v) is 3.78. The lowest BCUT2D eigenvalue weighted by atomic mass is 10.0. The Bertz CT molecular complexity index is 1090. The molecule has 4 aromatic rings. The molecule has 0 radical (unpaired) electrons. The molecule has 0 fully saturated rings. The van der Waals surface area contributed by atoms with E-state index in [1.165, 1.54) is 19.2 Å². The van der Waals surface area contributed by atoms with Crippen LogP contribution in [0.3, 0.4) is 0 Å². The van der Waals surface area contributed by atoms with Crippen LogP contribution in [-0.4, -0.2) is 7.11 Å². The van der Waals surface area contributed by atoms with Gasteiger partial charge in [-0.15, -0.1) is 0 Å². The fourth-order valence-electron chi connectivity index (χ4n) is 2.65. The molecular formula is C18H11FO4. The smallest absolute Gasteiger partial charge is 0.336 e. The van der Waals surface area contributed by atoms with Crippen molar-refractivity contribution in [2.45, 2.75) is 0 Å². The predicted molar refractivity (Wildman–Crippen MR) is 84.2 cm³/mol. The van der Waals surface area contributed by atoms with Crippen molar-refractivity contribution in [2.24, 2.45) is 0 Å². The summed E-state index contributed by atoms with van der Waals surface area (Å²) in [6, 6.07) is 11.3. The molecule has 4 nitrogen and oxygen atoms in total. The minimum Gasteiger partial charge on any atom is -0.494 e. The van der Waals surface area contributed by atoms with Crippen molar-refractivity contribution in [3.63, 3.8) is 0 Å². The molecule has 0 unspecified atom stereocenters.